The monoisotopic (exact) mass is 1800 g/mol. The largest absolute Gasteiger partial charge is 0.460 e. The van der Waals surface area contributed by atoms with Gasteiger partial charge in [0.25, 0.3) is 46.6 Å². The summed E-state index contributed by atoms with van der Waals surface area (Å²) in [4.78, 5) is 8.54. The molecule has 0 bridgehead atoms. The highest BCUT2D eigenvalue weighted by atomic mass is 32.1. The van der Waals surface area contributed by atoms with Gasteiger partial charge in [0.2, 0.25) is 4.83 Å². The molecule has 23 aromatic heterocycles. The van der Waals surface area contributed by atoms with Gasteiger partial charge in [-0.15, -0.1) is 34.0 Å². The lowest BCUT2D eigenvalue weighted by molar-refractivity contribution is -0.677. The first kappa shape index (κ1) is 88.4. The van der Waals surface area contributed by atoms with E-state index >= 15 is 0 Å². The molecule has 20 nitrogen and oxygen atoms in total. The highest BCUT2D eigenvalue weighted by molar-refractivity contribution is 7.19. The summed E-state index contributed by atoms with van der Waals surface area (Å²) >= 11 is 7.29. The van der Waals surface area contributed by atoms with Gasteiger partial charge in [0.15, 0.2) is 82.2 Å². The van der Waals surface area contributed by atoms with Gasteiger partial charge in [-0.25, -0.2) is 41.5 Å². The molecule has 24 aromatic rings. The van der Waals surface area contributed by atoms with Gasteiger partial charge in [0.1, 0.15) is 60.9 Å². The minimum Gasteiger partial charge on any atom is -0.460 e. The quantitative estimate of drug-likeness (QED) is 0.141. The fourth-order valence-corrected chi connectivity index (χ4v) is 23.3. The molecular weight excluding hydrogens is 1680 g/mol. The van der Waals surface area contributed by atoms with Gasteiger partial charge >= 0.3 is 5.71 Å². The molecule has 0 atom stereocenters. The van der Waals surface area contributed by atoms with Crippen LogP contribution in [0.3, 0.4) is 0 Å². The highest BCUT2D eigenvalue weighted by Gasteiger charge is 2.27. The van der Waals surface area contributed by atoms with E-state index in [2.05, 4.69) is 413 Å². The number of thiophene rings is 3. The lowest BCUT2D eigenvalue weighted by Crippen LogP contribution is -2.30. The summed E-state index contributed by atoms with van der Waals surface area (Å²) in [6.45, 7) is 34.5. The van der Waals surface area contributed by atoms with Crippen molar-refractivity contribution < 1.29 is 49.8 Å². The molecule has 0 spiro atoms. The Balaban J connectivity index is 0.000000103. The number of rotatable bonds is 8. The maximum Gasteiger partial charge on any atom is 0.302 e. The molecule has 0 aliphatic carbocycles. The first-order valence-corrected chi connectivity index (χ1v) is 48.5. The molecule has 0 fully saturated rings. The number of imidazole rings is 8. The van der Waals surface area contributed by atoms with Gasteiger partial charge in [-0.05, 0) is 185 Å². The number of benzene rings is 1. The number of aromatic nitrogens is 17. The van der Waals surface area contributed by atoms with Crippen molar-refractivity contribution in [1.29, 1.82) is 0 Å². The number of hydrogen-bond acceptors (Lipinski definition) is 8. The maximum atomic E-state index is 5.67. The fourth-order valence-electron chi connectivity index (χ4n) is 19.5. The third-order valence-electron chi connectivity index (χ3n) is 25.3. The number of hydrogen-bond donors (Lipinski definition) is 0. The molecular formula is C105H121N17O3S4+8. The van der Waals surface area contributed by atoms with Crippen molar-refractivity contribution in [3.05, 3.63) is 290 Å². The number of thiazole rings is 1. The second kappa shape index (κ2) is 36.1. The molecule has 24 heteroatoms. The third-order valence-corrected chi connectivity index (χ3v) is 29.5. The lowest BCUT2D eigenvalue weighted by Gasteiger charge is -2.01. The van der Waals surface area contributed by atoms with Crippen LogP contribution in [0.5, 0.6) is 0 Å². The van der Waals surface area contributed by atoms with Crippen LogP contribution in [-0.4, -0.2) is 40.2 Å². The molecule has 129 heavy (non-hydrogen) atoms. The van der Waals surface area contributed by atoms with Crippen molar-refractivity contribution in [3.8, 4) is 0 Å². The molecule has 0 saturated carbocycles. The van der Waals surface area contributed by atoms with Gasteiger partial charge in [-0.2, -0.15) is 35.2 Å². The third kappa shape index (κ3) is 15.9. The minimum atomic E-state index is 0.951. The van der Waals surface area contributed by atoms with Gasteiger partial charge in [-0.3, -0.25) is 0 Å². The molecule has 0 aliphatic rings. The van der Waals surface area contributed by atoms with Gasteiger partial charge in [0, 0.05) is 84.2 Å². The Morgan fingerprint density at radius 2 is 0.798 bits per heavy atom. The molecule has 0 saturated heterocycles. The fraction of sp³-hybridized carbons (Fsp3) is 0.305. The minimum absolute atomic E-state index is 0.951. The van der Waals surface area contributed by atoms with Gasteiger partial charge in [-0.1, -0.05) is 84.9 Å². The van der Waals surface area contributed by atoms with E-state index in [4.69, 9.17) is 13.3 Å². The smallest absolute Gasteiger partial charge is 0.302 e. The van der Waals surface area contributed by atoms with E-state index in [-0.39, 0.29) is 0 Å². The Labute approximate surface area is 768 Å². The van der Waals surface area contributed by atoms with Crippen molar-refractivity contribution in [1.82, 2.24) is 40.2 Å². The number of pyridine rings is 8. The van der Waals surface area contributed by atoms with Crippen LogP contribution < -0.4 is 36.5 Å². The van der Waals surface area contributed by atoms with Crippen molar-refractivity contribution in [2.75, 3.05) is 0 Å². The van der Waals surface area contributed by atoms with Gasteiger partial charge < -0.3 is 13.3 Å². The van der Waals surface area contributed by atoms with E-state index in [0.717, 1.165) is 90.0 Å². The van der Waals surface area contributed by atoms with Crippen molar-refractivity contribution in [2.24, 2.45) is 56.4 Å². The average molecular weight is 1800 g/mol. The summed E-state index contributed by atoms with van der Waals surface area (Å²) in [7, 11) is 16.8. The van der Waals surface area contributed by atoms with E-state index < -0.39 is 0 Å². The van der Waals surface area contributed by atoms with Crippen LogP contribution in [0.2, 0.25) is 0 Å². The van der Waals surface area contributed by atoms with Crippen LogP contribution in [0, 0.1) is 55.4 Å². The summed E-state index contributed by atoms with van der Waals surface area (Å²) in [5.74, 6) is 11.6. The van der Waals surface area contributed by atoms with E-state index in [1.807, 2.05) is 65.6 Å². The molecule has 24 rings (SSSR count). The Bertz CT molecular complexity index is 7690. The van der Waals surface area contributed by atoms with E-state index in [1.54, 1.807) is 11.3 Å². The van der Waals surface area contributed by atoms with Crippen LogP contribution >= 0.6 is 45.3 Å². The van der Waals surface area contributed by atoms with Crippen molar-refractivity contribution in [2.45, 2.75) is 162 Å². The van der Waals surface area contributed by atoms with Crippen molar-refractivity contribution in [3.63, 3.8) is 0 Å². The Kier molecular flexibility index (Phi) is 24.8. The first-order valence-electron chi connectivity index (χ1n) is 45.1. The zero-order valence-corrected chi connectivity index (χ0v) is 82.4. The second-order valence-electron chi connectivity index (χ2n) is 34.0. The Hall–Kier alpha value is -12.6. The maximum absolute atomic E-state index is 5.67. The summed E-state index contributed by atoms with van der Waals surface area (Å²) in [5, 5.41) is 10.9. The predicted octanol–water partition coefficient (Wildman–Crippen LogP) is 20.7. The first-order chi connectivity index (χ1) is 62.2. The summed E-state index contributed by atoms with van der Waals surface area (Å²) in [6.07, 6.45) is 31.5. The molecule has 1 aromatic carbocycles. The molecule has 23 heterocycles. The second-order valence-corrected chi connectivity index (χ2v) is 38.3. The number of aryl methyl sites for hydroxylation is 24. The topological polar surface area (TPSA) is 119 Å². The van der Waals surface area contributed by atoms with Crippen molar-refractivity contribution >= 4 is 175 Å². The summed E-state index contributed by atoms with van der Waals surface area (Å²) in [5.41, 5.74) is 25.5. The average Bonchev–Trinajstić information content (AvgIpc) is 1.65. The SMILES string of the molecule is CCc1n2c(ccc3c(C)coc32)c[n+]1C.CCc1n2c(ccc3c(C)csc32)c[n+]1C.CCc1n2c(ccc3nc(C)sc32)c[n+]1C.CCc1n2c(ccc3oc(C)cc32)c[n+]1C.CCc1n2c(ccc3occ(C)c32)c[n+]1C.CCc1n2c(ccc3sc(C)cc32)c[n+]1C.CCc1n2c(ccc3scc(C)c32)c[n+]1C.CCc1n2ccc3cccc(C)c3c2c[n+]1C. The van der Waals surface area contributed by atoms with E-state index in [1.165, 1.54) is 181 Å². The van der Waals surface area contributed by atoms with Crippen LogP contribution in [0.25, 0.3) is 129 Å². The molecule has 0 unspecified atom stereocenters. The van der Waals surface area contributed by atoms with E-state index in [9.17, 15) is 0 Å². The lowest BCUT2D eigenvalue weighted by atomic mass is 10.1. The van der Waals surface area contributed by atoms with E-state index in [0.29, 0.717) is 0 Å². The van der Waals surface area contributed by atoms with Gasteiger partial charge in [0.05, 0.1) is 94.9 Å². The zero-order valence-electron chi connectivity index (χ0n) is 79.2. The molecule has 0 N–H and O–H groups in total. The summed E-state index contributed by atoms with van der Waals surface area (Å²) in [6, 6.07) is 43.2. The van der Waals surface area contributed by atoms with Crippen LogP contribution in [0.1, 0.15) is 145 Å². The molecule has 0 radical (unpaired) electrons. The standard InChI is InChI=1S/C15H17N2.3C13H15N2O.3C13H15N2S.C12H14N3S/c1-4-14-16(3)10-13-15-11(2)6-5-7-12(15)8-9-17(13)14;1-4-12-14(3)7-10-5-6-11-13(15(10)12)9(2)8-16-11;1-4-12-14(3)7-10-5-6-11-9(2)8-16-13(11)15(10)12;1-4-13-14(3)8-10-5-6-12-11(15(10)13)7-9(2)16-12;1-4-12-14(3)7-10-5-6-11-13(15(10)12)9(2)8-16-11;1-4-12-14(3)7-10-5-6-11-9(2)8-16-13(11)15(10)12;1-4-13-14(3)8-10-5-6-12-11(15(10)13)7-9(2)16-12;1-4-11-14(3)7-9-5-6-10-12(15(9)11)16-8(2)13-10/h5-10H,4H2,1-3H3;6*5-8H,4H2,1-3H3;5-7H,4H2,1-3H3/q8*+1. The zero-order chi connectivity index (χ0) is 91.0. The number of fused-ring (bicyclic) bond motifs is 24. The Morgan fingerprint density at radius 3 is 1.39 bits per heavy atom. The summed E-state index contributed by atoms with van der Waals surface area (Å²) < 4.78 is 55.7. The molecule has 660 valence electrons. The number of nitrogens with zero attached hydrogens (tertiary/aromatic N) is 17. The molecule has 0 amide bonds. The normalized spacial score (nSPS) is 11.7. The van der Waals surface area contributed by atoms with Crippen LogP contribution in [0.15, 0.2) is 214 Å². The highest BCUT2D eigenvalue weighted by Crippen LogP contribution is 2.34. The Morgan fingerprint density at radius 1 is 0.341 bits per heavy atom. The van der Waals surface area contributed by atoms with Crippen LogP contribution in [-0.2, 0) is 108 Å². The van der Waals surface area contributed by atoms with Crippen LogP contribution in [0.4, 0.5) is 0 Å². The number of furan rings is 3. The molecule has 0 aliphatic heterocycles. The predicted molar refractivity (Wildman–Crippen MR) is 528 cm³/mol.